The summed E-state index contributed by atoms with van der Waals surface area (Å²) in [5.41, 5.74) is 0. The number of fused-ring (bicyclic) bond motifs is 1. The SMILES string of the molecule is CC(Oc1cccc2ccccc12)C(=O)NC(CF)C(=O)O. The number of hydrogen-bond donors (Lipinski definition) is 2. The molecule has 2 unspecified atom stereocenters. The Balaban J connectivity index is 2.12. The Morgan fingerprint density at radius 3 is 2.59 bits per heavy atom. The van der Waals surface area contributed by atoms with Gasteiger partial charge in [-0.2, -0.15) is 0 Å². The number of nitrogens with one attached hydrogen (secondary N) is 1. The van der Waals surface area contributed by atoms with Gasteiger partial charge in [0.05, 0.1) is 0 Å². The summed E-state index contributed by atoms with van der Waals surface area (Å²) in [5, 5.41) is 12.6. The van der Waals surface area contributed by atoms with Gasteiger partial charge in [0.2, 0.25) is 0 Å². The lowest BCUT2D eigenvalue weighted by Crippen LogP contribution is -2.47. The molecule has 0 bridgehead atoms. The number of ether oxygens (including phenoxy) is 1. The minimum absolute atomic E-state index is 0.507. The van der Waals surface area contributed by atoms with Gasteiger partial charge in [-0.1, -0.05) is 36.4 Å². The number of hydrogen-bond acceptors (Lipinski definition) is 3. The Hall–Kier alpha value is -2.63. The summed E-state index contributed by atoms with van der Waals surface area (Å²) < 4.78 is 18.1. The lowest BCUT2D eigenvalue weighted by atomic mass is 10.1. The number of halogens is 1. The number of benzene rings is 2. The van der Waals surface area contributed by atoms with Crippen molar-refractivity contribution in [3.8, 4) is 5.75 Å². The molecule has 116 valence electrons. The predicted molar refractivity (Wildman–Crippen MR) is 79.6 cm³/mol. The van der Waals surface area contributed by atoms with E-state index in [1.807, 2.05) is 30.3 Å². The van der Waals surface area contributed by atoms with Crippen molar-refractivity contribution in [1.82, 2.24) is 5.32 Å². The molecule has 6 heteroatoms. The summed E-state index contributed by atoms with van der Waals surface area (Å²) in [6, 6.07) is 11.4. The van der Waals surface area contributed by atoms with E-state index < -0.39 is 30.7 Å². The van der Waals surface area contributed by atoms with Crippen LogP contribution in [0.3, 0.4) is 0 Å². The van der Waals surface area contributed by atoms with Crippen LogP contribution in [0.1, 0.15) is 6.92 Å². The average molecular weight is 305 g/mol. The summed E-state index contributed by atoms with van der Waals surface area (Å²) >= 11 is 0. The van der Waals surface area contributed by atoms with E-state index in [0.29, 0.717) is 5.75 Å². The van der Waals surface area contributed by atoms with E-state index in [9.17, 15) is 14.0 Å². The zero-order valence-corrected chi connectivity index (χ0v) is 12.0. The van der Waals surface area contributed by atoms with E-state index in [1.54, 1.807) is 12.1 Å². The highest BCUT2D eigenvalue weighted by molar-refractivity contribution is 5.90. The summed E-state index contributed by atoms with van der Waals surface area (Å²) in [6.45, 7) is 0.302. The summed E-state index contributed by atoms with van der Waals surface area (Å²) in [7, 11) is 0. The maximum atomic E-state index is 12.5. The molecule has 0 aliphatic heterocycles. The zero-order chi connectivity index (χ0) is 16.1. The second-order valence-corrected chi connectivity index (χ2v) is 4.79. The molecule has 0 saturated carbocycles. The molecule has 0 aliphatic carbocycles. The van der Waals surface area contributed by atoms with E-state index in [2.05, 4.69) is 5.32 Å². The van der Waals surface area contributed by atoms with Crippen molar-refractivity contribution in [2.45, 2.75) is 19.1 Å². The summed E-state index contributed by atoms with van der Waals surface area (Å²) in [5.74, 6) is -1.60. The highest BCUT2D eigenvalue weighted by Gasteiger charge is 2.24. The fourth-order valence-electron chi connectivity index (χ4n) is 2.00. The van der Waals surface area contributed by atoms with E-state index >= 15 is 0 Å². The zero-order valence-electron chi connectivity index (χ0n) is 12.0. The standard InChI is InChI=1S/C16H16FNO4/c1-10(15(19)18-13(9-17)16(20)21)22-14-8-4-6-11-5-2-3-7-12(11)14/h2-8,10,13H,9H2,1H3,(H,18,19)(H,20,21). The Morgan fingerprint density at radius 2 is 1.91 bits per heavy atom. The Labute approximate surface area is 126 Å². The maximum absolute atomic E-state index is 12.5. The second kappa shape index (κ2) is 6.89. The molecule has 2 atom stereocenters. The third kappa shape index (κ3) is 3.52. The molecular formula is C16H16FNO4. The molecule has 2 N–H and O–H groups in total. The van der Waals surface area contributed by atoms with Gasteiger partial charge in [-0.15, -0.1) is 0 Å². The van der Waals surface area contributed by atoms with Crippen LogP contribution in [-0.2, 0) is 9.59 Å². The molecule has 5 nitrogen and oxygen atoms in total. The molecule has 0 aliphatic rings. The summed E-state index contributed by atoms with van der Waals surface area (Å²) in [4.78, 5) is 22.6. The fraction of sp³-hybridized carbons (Fsp3) is 0.250. The van der Waals surface area contributed by atoms with Gasteiger partial charge in [-0.3, -0.25) is 4.79 Å². The molecule has 2 rings (SSSR count). The van der Waals surface area contributed by atoms with Crippen molar-refractivity contribution in [2.75, 3.05) is 6.67 Å². The van der Waals surface area contributed by atoms with Crippen LogP contribution in [0.4, 0.5) is 4.39 Å². The van der Waals surface area contributed by atoms with Gasteiger partial charge < -0.3 is 15.2 Å². The lowest BCUT2D eigenvalue weighted by molar-refractivity contribution is -0.143. The first kappa shape index (κ1) is 15.8. The van der Waals surface area contributed by atoms with Gasteiger partial charge in [0, 0.05) is 5.39 Å². The number of carbonyl (C=O) groups is 2. The quantitative estimate of drug-likeness (QED) is 0.857. The molecular weight excluding hydrogens is 289 g/mol. The van der Waals surface area contributed by atoms with Crippen LogP contribution in [0.15, 0.2) is 42.5 Å². The minimum Gasteiger partial charge on any atom is -0.480 e. The summed E-state index contributed by atoms with van der Waals surface area (Å²) in [6.07, 6.45) is -0.945. The van der Waals surface area contributed by atoms with Gasteiger partial charge in [-0.05, 0) is 18.4 Å². The molecule has 1 amide bonds. The first-order valence-electron chi connectivity index (χ1n) is 6.76. The molecule has 0 fully saturated rings. The van der Waals surface area contributed by atoms with Crippen LogP contribution in [0.25, 0.3) is 10.8 Å². The molecule has 0 heterocycles. The largest absolute Gasteiger partial charge is 0.480 e. The van der Waals surface area contributed by atoms with Crippen molar-refractivity contribution in [2.24, 2.45) is 0 Å². The molecule has 0 saturated heterocycles. The number of alkyl halides is 1. The Bertz CT molecular complexity index is 683. The van der Waals surface area contributed by atoms with Crippen molar-refractivity contribution in [1.29, 1.82) is 0 Å². The van der Waals surface area contributed by atoms with E-state index in [1.165, 1.54) is 6.92 Å². The number of carboxylic acids is 1. The number of aliphatic carboxylic acids is 1. The van der Waals surface area contributed by atoms with E-state index in [-0.39, 0.29) is 0 Å². The predicted octanol–water partition coefficient (Wildman–Crippen LogP) is 2.15. The smallest absolute Gasteiger partial charge is 0.328 e. The number of rotatable bonds is 6. The molecule has 0 radical (unpaired) electrons. The molecule has 0 aromatic heterocycles. The number of amides is 1. The van der Waals surface area contributed by atoms with Gasteiger partial charge >= 0.3 is 5.97 Å². The number of carbonyl (C=O) groups excluding carboxylic acids is 1. The monoisotopic (exact) mass is 305 g/mol. The minimum atomic E-state index is -1.56. The fourth-order valence-corrected chi connectivity index (χ4v) is 2.00. The van der Waals surface area contributed by atoms with Crippen LogP contribution in [-0.4, -0.2) is 35.8 Å². The maximum Gasteiger partial charge on any atom is 0.328 e. The normalized spacial score (nSPS) is 13.4. The van der Waals surface area contributed by atoms with Crippen molar-refractivity contribution in [3.63, 3.8) is 0 Å². The molecule has 22 heavy (non-hydrogen) atoms. The van der Waals surface area contributed by atoms with Crippen LogP contribution in [0, 0.1) is 0 Å². The second-order valence-electron chi connectivity index (χ2n) is 4.79. The third-order valence-corrected chi connectivity index (χ3v) is 3.19. The highest BCUT2D eigenvalue weighted by atomic mass is 19.1. The van der Waals surface area contributed by atoms with Crippen molar-refractivity contribution >= 4 is 22.6 Å². The van der Waals surface area contributed by atoms with Crippen LogP contribution >= 0.6 is 0 Å². The van der Waals surface area contributed by atoms with Gasteiger partial charge in [-0.25, -0.2) is 9.18 Å². The molecule has 2 aromatic rings. The first-order chi connectivity index (χ1) is 10.5. The Kier molecular flexibility index (Phi) is 4.93. The van der Waals surface area contributed by atoms with Crippen LogP contribution in [0.2, 0.25) is 0 Å². The lowest BCUT2D eigenvalue weighted by Gasteiger charge is -2.18. The van der Waals surface area contributed by atoms with Crippen molar-refractivity contribution in [3.05, 3.63) is 42.5 Å². The molecule has 0 spiro atoms. The first-order valence-corrected chi connectivity index (χ1v) is 6.76. The van der Waals surface area contributed by atoms with Gasteiger partial charge in [0.1, 0.15) is 12.4 Å². The topological polar surface area (TPSA) is 75.6 Å². The van der Waals surface area contributed by atoms with Gasteiger partial charge in [0.25, 0.3) is 5.91 Å². The van der Waals surface area contributed by atoms with Crippen LogP contribution in [0.5, 0.6) is 5.75 Å². The molecule has 2 aromatic carbocycles. The third-order valence-electron chi connectivity index (χ3n) is 3.19. The Morgan fingerprint density at radius 1 is 1.23 bits per heavy atom. The van der Waals surface area contributed by atoms with Gasteiger partial charge in [0.15, 0.2) is 12.1 Å². The number of carboxylic acid groups (broad SMARTS) is 1. The van der Waals surface area contributed by atoms with E-state index in [0.717, 1.165) is 10.8 Å². The van der Waals surface area contributed by atoms with Crippen molar-refractivity contribution < 1.29 is 23.8 Å². The average Bonchev–Trinajstić information content (AvgIpc) is 2.52. The van der Waals surface area contributed by atoms with E-state index in [4.69, 9.17) is 9.84 Å². The highest BCUT2D eigenvalue weighted by Crippen LogP contribution is 2.26. The van der Waals surface area contributed by atoms with Crippen LogP contribution < -0.4 is 10.1 Å².